The zero-order chi connectivity index (χ0) is 13.9. The van der Waals surface area contributed by atoms with Gasteiger partial charge in [-0.15, -0.1) is 0 Å². The van der Waals surface area contributed by atoms with Gasteiger partial charge in [0.1, 0.15) is 0 Å². The van der Waals surface area contributed by atoms with Crippen molar-refractivity contribution in [3.8, 4) is 6.07 Å². The van der Waals surface area contributed by atoms with Crippen LogP contribution in [0.4, 0.5) is 0 Å². The fourth-order valence-corrected chi connectivity index (χ4v) is 3.09. The Kier molecular flexibility index (Phi) is 4.86. The highest BCUT2D eigenvalue weighted by Gasteiger charge is 2.24. The quantitative estimate of drug-likeness (QED) is 0.579. The fourth-order valence-electron chi connectivity index (χ4n) is 2.44. The lowest BCUT2D eigenvalue weighted by atomic mass is 9.85. The maximum absolute atomic E-state index is 9.16. The summed E-state index contributed by atoms with van der Waals surface area (Å²) < 4.78 is 7.16. The van der Waals surface area contributed by atoms with E-state index in [-0.39, 0.29) is 6.10 Å². The molecule has 2 atom stereocenters. The van der Waals surface area contributed by atoms with E-state index in [1.807, 2.05) is 13.8 Å². The van der Waals surface area contributed by atoms with Gasteiger partial charge in [-0.3, -0.25) is 0 Å². The lowest BCUT2D eigenvalue weighted by Gasteiger charge is -2.29. The van der Waals surface area contributed by atoms with Crippen LogP contribution in [0.2, 0.25) is 0 Å². The standard InChI is InChI=1S/C16H20INO/c1-16(2,11-18)13-8-6-12(7-9-13)15-5-3-4-14(10-17)19-15/h6-9,14-15H,3-5,10H2,1-2H3. The highest BCUT2D eigenvalue weighted by Crippen LogP contribution is 2.33. The minimum atomic E-state index is -0.420. The SMILES string of the molecule is CC(C)(C#N)c1ccc(C2CCCC(CI)O2)cc1. The summed E-state index contributed by atoms with van der Waals surface area (Å²) >= 11 is 2.40. The smallest absolute Gasteiger partial charge is 0.0829 e. The molecule has 3 heteroatoms. The molecule has 1 aromatic carbocycles. The third kappa shape index (κ3) is 3.49. The summed E-state index contributed by atoms with van der Waals surface area (Å²) in [6, 6.07) is 10.7. The third-order valence-electron chi connectivity index (χ3n) is 3.80. The number of hydrogen-bond donors (Lipinski definition) is 0. The van der Waals surface area contributed by atoms with E-state index in [1.165, 1.54) is 18.4 Å². The zero-order valence-electron chi connectivity index (χ0n) is 11.5. The molecule has 0 N–H and O–H groups in total. The predicted molar refractivity (Wildman–Crippen MR) is 85.4 cm³/mol. The molecule has 19 heavy (non-hydrogen) atoms. The zero-order valence-corrected chi connectivity index (χ0v) is 13.7. The molecule has 0 amide bonds. The van der Waals surface area contributed by atoms with Crippen molar-refractivity contribution in [2.24, 2.45) is 0 Å². The largest absolute Gasteiger partial charge is 0.370 e. The van der Waals surface area contributed by atoms with Crippen molar-refractivity contribution >= 4 is 22.6 Å². The number of benzene rings is 1. The molecule has 0 aliphatic carbocycles. The summed E-state index contributed by atoms with van der Waals surface area (Å²) in [7, 11) is 0. The molecule has 2 nitrogen and oxygen atoms in total. The summed E-state index contributed by atoms with van der Waals surface area (Å²) in [4.78, 5) is 0. The summed E-state index contributed by atoms with van der Waals surface area (Å²) in [5, 5.41) is 9.16. The Labute approximate surface area is 129 Å². The van der Waals surface area contributed by atoms with Gasteiger partial charge in [-0.25, -0.2) is 0 Å². The van der Waals surface area contributed by atoms with Crippen LogP contribution in [0.5, 0.6) is 0 Å². The number of halogens is 1. The molecule has 0 spiro atoms. The summed E-state index contributed by atoms with van der Waals surface area (Å²) in [5.74, 6) is 0. The van der Waals surface area contributed by atoms with E-state index >= 15 is 0 Å². The van der Waals surface area contributed by atoms with Crippen molar-refractivity contribution in [3.05, 3.63) is 35.4 Å². The van der Waals surface area contributed by atoms with Crippen molar-refractivity contribution < 1.29 is 4.74 Å². The van der Waals surface area contributed by atoms with Gasteiger partial charge < -0.3 is 4.74 Å². The van der Waals surface area contributed by atoms with Gasteiger partial charge in [0.05, 0.1) is 23.7 Å². The van der Waals surface area contributed by atoms with Crippen molar-refractivity contribution in [1.82, 2.24) is 0 Å². The van der Waals surface area contributed by atoms with Crippen molar-refractivity contribution in [1.29, 1.82) is 5.26 Å². The van der Waals surface area contributed by atoms with Crippen LogP contribution < -0.4 is 0 Å². The normalized spacial score (nSPS) is 23.9. The number of alkyl halides is 1. The number of nitrogens with zero attached hydrogens (tertiary/aromatic N) is 1. The number of hydrogen-bond acceptors (Lipinski definition) is 2. The topological polar surface area (TPSA) is 33.0 Å². The van der Waals surface area contributed by atoms with E-state index in [1.54, 1.807) is 0 Å². The second-order valence-corrected chi connectivity index (χ2v) is 6.57. The number of rotatable bonds is 3. The first kappa shape index (κ1) is 14.8. The Balaban J connectivity index is 2.13. The van der Waals surface area contributed by atoms with Crippen LogP contribution >= 0.6 is 22.6 Å². The number of nitriles is 1. The van der Waals surface area contributed by atoms with Gasteiger partial charge in [0.25, 0.3) is 0 Å². The van der Waals surface area contributed by atoms with Crippen LogP contribution in [-0.2, 0) is 10.2 Å². The Morgan fingerprint density at radius 1 is 1.32 bits per heavy atom. The Morgan fingerprint density at radius 2 is 2.00 bits per heavy atom. The summed E-state index contributed by atoms with van der Waals surface area (Å²) in [6.45, 7) is 3.90. The molecule has 0 bridgehead atoms. The van der Waals surface area contributed by atoms with Crippen LogP contribution in [0.25, 0.3) is 0 Å². The number of ether oxygens (including phenoxy) is 1. The molecular weight excluding hydrogens is 349 g/mol. The first-order valence-corrected chi connectivity index (χ1v) is 8.32. The summed E-state index contributed by atoms with van der Waals surface area (Å²) in [5.41, 5.74) is 1.89. The van der Waals surface area contributed by atoms with Crippen LogP contribution in [0, 0.1) is 11.3 Å². The van der Waals surface area contributed by atoms with Crippen LogP contribution in [-0.4, -0.2) is 10.5 Å². The second kappa shape index (κ2) is 6.23. The molecule has 1 saturated heterocycles. The van der Waals surface area contributed by atoms with Gasteiger partial charge in [0, 0.05) is 4.43 Å². The Morgan fingerprint density at radius 3 is 2.58 bits per heavy atom. The molecule has 1 aromatic rings. The van der Waals surface area contributed by atoms with Crippen molar-refractivity contribution in [3.63, 3.8) is 0 Å². The van der Waals surface area contributed by atoms with Gasteiger partial charge in [0.15, 0.2) is 0 Å². The van der Waals surface area contributed by atoms with Crippen molar-refractivity contribution in [2.45, 2.75) is 50.7 Å². The Bertz CT molecular complexity index is 461. The van der Waals surface area contributed by atoms with Gasteiger partial charge in [0.2, 0.25) is 0 Å². The lowest BCUT2D eigenvalue weighted by Crippen LogP contribution is -2.23. The first-order chi connectivity index (χ1) is 9.06. The van der Waals surface area contributed by atoms with Gasteiger partial charge >= 0.3 is 0 Å². The highest BCUT2D eigenvalue weighted by atomic mass is 127. The molecule has 0 saturated carbocycles. The van der Waals surface area contributed by atoms with E-state index < -0.39 is 5.41 Å². The van der Waals surface area contributed by atoms with Crippen molar-refractivity contribution in [2.75, 3.05) is 4.43 Å². The molecule has 1 aliphatic rings. The lowest BCUT2D eigenvalue weighted by molar-refractivity contribution is -0.0375. The van der Waals surface area contributed by atoms with Gasteiger partial charge in [-0.2, -0.15) is 5.26 Å². The van der Waals surface area contributed by atoms with E-state index in [2.05, 4.69) is 52.9 Å². The van der Waals surface area contributed by atoms with Gasteiger partial charge in [-0.05, 0) is 44.2 Å². The summed E-state index contributed by atoms with van der Waals surface area (Å²) in [6.07, 6.45) is 4.15. The molecule has 1 aliphatic heterocycles. The first-order valence-electron chi connectivity index (χ1n) is 6.80. The monoisotopic (exact) mass is 369 g/mol. The van der Waals surface area contributed by atoms with Crippen LogP contribution in [0.15, 0.2) is 24.3 Å². The maximum Gasteiger partial charge on any atom is 0.0829 e. The molecule has 2 unspecified atom stereocenters. The predicted octanol–water partition coefficient (Wildman–Crippen LogP) is 4.53. The van der Waals surface area contributed by atoms with E-state index in [9.17, 15) is 0 Å². The minimum Gasteiger partial charge on any atom is -0.370 e. The molecule has 2 rings (SSSR count). The molecule has 1 heterocycles. The van der Waals surface area contributed by atoms with E-state index in [0.29, 0.717) is 6.10 Å². The average Bonchev–Trinajstić information content (AvgIpc) is 2.47. The maximum atomic E-state index is 9.16. The molecule has 0 aromatic heterocycles. The molecule has 0 radical (unpaired) electrons. The average molecular weight is 369 g/mol. The van der Waals surface area contributed by atoms with E-state index in [0.717, 1.165) is 16.4 Å². The van der Waals surface area contributed by atoms with Crippen LogP contribution in [0.1, 0.15) is 50.3 Å². The molecule has 1 fully saturated rings. The van der Waals surface area contributed by atoms with E-state index in [4.69, 9.17) is 10.00 Å². The Hall–Kier alpha value is -0.600. The van der Waals surface area contributed by atoms with Gasteiger partial charge in [-0.1, -0.05) is 46.9 Å². The fraction of sp³-hybridized carbons (Fsp3) is 0.562. The molecule has 102 valence electrons. The highest BCUT2D eigenvalue weighted by molar-refractivity contribution is 14.1. The van der Waals surface area contributed by atoms with Crippen LogP contribution in [0.3, 0.4) is 0 Å². The third-order valence-corrected chi connectivity index (χ3v) is 4.79. The second-order valence-electron chi connectivity index (χ2n) is 5.69. The minimum absolute atomic E-state index is 0.229. The molecular formula is C16H20INO.